The fourth-order valence-corrected chi connectivity index (χ4v) is 3.55. The van der Waals surface area contributed by atoms with Crippen LogP contribution in [0.1, 0.15) is 0 Å². The van der Waals surface area contributed by atoms with Crippen LogP contribution in [0, 0.1) is 0 Å². The SMILES string of the molecule is O=c1c2ccccc2cnn1CCn1ccnc1-c1ccccc1-c1ccco1. The molecule has 0 radical (unpaired) electrons. The number of nitrogens with zero attached hydrogens (tertiary/aromatic N) is 4. The predicted molar refractivity (Wildman–Crippen MR) is 111 cm³/mol. The van der Waals surface area contributed by atoms with E-state index < -0.39 is 0 Å². The second-order valence-corrected chi connectivity index (χ2v) is 6.73. The number of hydrogen-bond donors (Lipinski definition) is 0. The molecule has 5 rings (SSSR count). The standard InChI is InChI=1S/C23H18N4O2/c28-23-18-7-2-1-6-17(18)16-25-27(23)14-13-26-12-11-24-22(26)20-9-4-3-8-19(20)21-10-5-15-29-21/h1-12,15-16H,13-14H2. The third-order valence-electron chi connectivity index (χ3n) is 4.98. The van der Waals surface area contributed by atoms with Crippen LogP contribution in [-0.2, 0) is 13.1 Å². The molecule has 0 bridgehead atoms. The van der Waals surface area contributed by atoms with Gasteiger partial charge in [-0.2, -0.15) is 5.10 Å². The van der Waals surface area contributed by atoms with Crippen LogP contribution in [0.2, 0.25) is 0 Å². The third-order valence-corrected chi connectivity index (χ3v) is 4.98. The largest absolute Gasteiger partial charge is 0.464 e. The van der Waals surface area contributed by atoms with Crippen molar-refractivity contribution in [3.05, 3.63) is 95.9 Å². The van der Waals surface area contributed by atoms with Crippen LogP contribution in [-0.4, -0.2) is 19.3 Å². The van der Waals surface area contributed by atoms with Gasteiger partial charge >= 0.3 is 0 Å². The van der Waals surface area contributed by atoms with Crippen LogP contribution in [0.25, 0.3) is 33.5 Å². The first-order chi connectivity index (χ1) is 14.3. The van der Waals surface area contributed by atoms with Gasteiger partial charge in [-0.3, -0.25) is 4.79 Å². The van der Waals surface area contributed by atoms with Crippen LogP contribution in [0.5, 0.6) is 0 Å². The molecule has 6 heteroatoms. The van der Waals surface area contributed by atoms with Gasteiger partial charge in [-0.25, -0.2) is 9.67 Å². The monoisotopic (exact) mass is 382 g/mol. The molecule has 0 atom stereocenters. The molecule has 0 aliphatic carbocycles. The summed E-state index contributed by atoms with van der Waals surface area (Å²) in [4.78, 5) is 17.3. The van der Waals surface area contributed by atoms with Crippen molar-refractivity contribution in [1.29, 1.82) is 0 Å². The van der Waals surface area contributed by atoms with Crippen LogP contribution < -0.4 is 5.56 Å². The average Bonchev–Trinajstić information content (AvgIpc) is 3.46. The Morgan fingerprint density at radius 2 is 1.72 bits per heavy atom. The van der Waals surface area contributed by atoms with Gasteiger partial charge in [0.2, 0.25) is 0 Å². The molecule has 0 spiro atoms. The molecule has 0 fully saturated rings. The number of furan rings is 1. The summed E-state index contributed by atoms with van der Waals surface area (Å²) in [5, 5.41) is 5.85. The Labute approximate surface area is 166 Å². The highest BCUT2D eigenvalue weighted by Gasteiger charge is 2.14. The van der Waals surface area contributed by atoms with Crippen molar-refractivity contribution in [2.45, 2.75) is 13.1 Å². The minimum atomic E-state index is -0.0826. The van der Waals surface area contributed by atoms with E-state index in [0.29, 0.717) is 18.5 Å². The van der Waals surface area contributed by atoms with Gasteiger partial charge in [-0.05, 0) is 18.2 Å². The van der Waals surface area contributed by atoms with Gasteiger partial charge in [0, 0.05) is 35.5 Å². The number of benzene rings is 2. The zero-order valence-corrected chi connectivity index (χ0v) is 15.6. The van der Waals surface area contributed by atoms with E-state index in [1.165, 1.54) is 4.68 Å². The maximum atomic E-state index is 12.7. The molecule has 0 N–H and O–H groups in total. The van der Waals surface area contributed by atoms with Crippen LogP contribution >= 0.6 is 0 Å². The molecular formula is C23H18N4O2. The van der Waals surface area contributed by atoms with E-state index >= 15 is 0 Å². The summed E-state index contributed by atoms with van der Waals surface area (Å²) in [6, 6.07) is 19.3. The minimum absolute atomic E-state index is 0.0826. The van der Waals surface area contributed by atoms with E-state index in [1.807, 2.05) is 71.4 Å². The van der Waals surface area contributed by atoms with E-state index in [4.69, 9.17) is 4.42 Å². The Morgan fingerprint density at radius 3 is 2.59 bits per heavy atom. The molecule has 0 unspecified atom stereocenters. The number of imidazole rings is 1. The predicted octanol–water partition coefficient (Wildman–Crippen LogP) is 4.22. The summed E-state index contributed by atoms with van der Waals surface area (Å²) < 4.78 is 9.13. The smallest absolute Gasteiger partial charge is 0.274 e. The Morgan fingerprint density at radius 1 is 0.897 bits per heavy atom. The van der Waals surface area contributed by atoms with Crippen molar-refractivity contribution in [2.75, 3.05) is 0 Å². The molecule has 0 aliphatic rings. The highest BCUT2D eigenvalue weighted by molar-refractivity contribution is 5.80. The first-order valence-electron chi connectivity index (χ1n) is 9.40. The lowest BCUT2D eigenvalue weighted by Crippen LogP contribution is -2.24. The van der Waals surface area contributed by atoms with E-state index in [2.05, 4.69) is 10.1 Å². The molecule has 142 valence electrons. The molecule has 3 aromatic heterocycles. The number of rotatable bonds is 5. The van der Waals surface area contributed by atoms with E-state index in [0.717, 1.165) is 28.1 Å². The quantitative estimate of drug-likeness (QED) is 0.456. The maximum absolute atomic E-state index is 12.7. The highest BCUT2D eigenvalue weighted by Crippen LogP contribution is 2.31. The van der Waals surface area contributed by atoms with Crippen molar-refractivity contribution >= 4 is 10.8 Å². The molecule has 0 saturated heterocycles. The highest BCUT2D eigenvalue weighted by atomic mass is 16.3. The maximum Gasteiger partial charge on any atom is 0.274 e. The Bertz CT molecular complexity index is 1330. The van der Waals surface area contributed by atoms with Gasteiger partial charge in [0.1, 0.15) is 11.6 Å². The summed E-state index contributed by atoms with van der Waals surface area (Å²) >= 11 is 0. The van der Waals surface area contributed by atoms with Gasteiger partial charge in [-0.1, -0.05) is 42.5 Å². The van der Waals surface area contributed by atoms with E-state index in [1.54, 1.807) is 18.7 Å². The summed E-state index contributed by atoms with van der Waals surface area (Å²) in [6.45, 7) is 1.03. The lowest BCUT2D eigenvalue weighted by atomic mass is 10.0. The first kappa shape index (κ1) is 17.2. The number of aromatic nitrogens is 4. The fraction of sp³-hybridized carbons (Fsp3) is 0.0870. The third kappa shape index (κ3) is 3.14. The number of fused-ring (bicyclic) bond motifs is 1. The van der Waals surface area contributed by atoms with Gasteiger partial charge < -0.3 is 8.98 Å². The van der Waals surface area contributed by atoms with Crippen molar-refractivity contribution in [1.82, 2.24) is 19.3 Å². The van der Waals surface area contributed by atoms with Crippen molar-refractivity contribution in [3.8, 4) is 22.7 Å². The first-order valence-corrected chi connectivity index (χ1v) is 9.40. The minimum Gasteiger partial charge on any atom is -0.464 e. The molecule has 3 heterocycles. The second-order valence-electron chi connectivity index (χ2n) is 6.73. The van der Waals surface area contributed by atoms with Gasteiger partial charge in [0.25, 0.3) is 5.56 Å². The molecule has 6 nitrogen and oxygen atoms in total. The summed E-state index contributed by atoms with van der Waals surface area (Å²) in [6.07, 6.45) is 7.08. The summed E-state index contributed by atoms with van der Waals surface area (Å²) in [7, 11) is 0. The molecule has 0 aliphatic heterocycles. The lowest BCUT2D eigenvalue weighted by molar-refractivity contribution is 0.517. The Kier molecular flexibility index (Phi) is 4.29. The van der Waals surface area contributed by atoms with E-state index in [9.17, 15) is 4.79 Å². The normalized spacial score (nSPS) is 11.2. The van der Waals surface area contributed by atoms with Crippen LogP contribution in [0.15, 0.2) is 94.7 Å². The zero-order chi connectivity index (χ0) is 19.6. The number of hydrogen-bond acceptors (Lipinski definition) is 4. The number of aryl methyl sites for hydroxylation is 2. The summed E-state index contributed by atoms with van der Waals surface area (Å²) in [5.41, 5.74) is 1.87. The second kappa shape index (κ2) is 7.24. The average molecular weight is 382 g/mol. The van der Waals surface area contributed by atoms with Crippen molar-refractivity contribution in [3.63, 3.8) is 0 Å². The van der Waals surface area contributed by atoms with Crippen molar-refractivity contribution in [2.24, 2.45) is 0 Å². The van der Waals surface area contributed by atoms with Gasteiger partial charge in [0.15, 0.2) is 0 Å². The molecule has 29 heavy (non-hydrogen) atoms. The summed E-state index contributed by atoms with van der Waals surface area (Å²) in [5.74, 6) is 1.62. The van der Waals surface area contributed by atoms with Gasteiger partial charge in [-0.15, -0.1) is 0 Å². The molecule has 5 aromatic rings. The molecule has 2 aromatic carbocycles. The van der Waals surface area contributed by atoms with Crippen LogP contribution in [0.3, 0.4) is 0 Å². The van der Waals surface area contributed by atoms with Gasteiger partial charge in [0.05, 0.1) is 24.4 Å². The molecular weight excluding hydrogens is 364 g/mol. The van der Waals surface area contributed by atoms with Crippen LogP contribution in [0.4, 0.5) is 0 Å². The Balaban J connectivity index is 1.47. The molecule has 0 amide bonds. The molecule has 0 saturated carbocycles. The Hall–Kier alpha value is -3.93. The topological polar surface area (TPSA) is 65.8 Å². The van der Waals surface area contributed by atoms with Crippen molar-refractivity contribution < 1.29 is 4.42 Å². The lowest BCUT2D eigenvalue weighted by Gasteiger charge is -2.12. The zero-order valence-electron chi connectivity index (χ0n) is 15.6. The van der Waals surface area contributed by atoms with E-state index in [-0.39, 0.29) is 5.56 Å². The fourth-order valence-electron chi connectivity index (χ4n) is 3.55.